The van der Waals surface area contributed by atoms with Gasteiger partial charge in [0.25, 0.3) is 0 Å². The van der Waals surface area contributed by atoms with E-state index >= 15 is 0 Å². The monoisotopic (exact) mass is 414 g/mol. The van der Waals surface area contributed by atoms with E-state index in [1.54, 1.807) is 35.4 Å². The van der Waals surface area contributed by atoms with E-state index < -0.39 is 0 Å². The Labute approximate surface area is 172 Å². The molecule has 1 N–H and O–H groups in total. The molecule has 0 saturated carbocycles. The molecule has 0 fully saturated rings. The lowest BCUT2D eigenvalue weighted by Gasteiger charge is -2.23. The molecule has 144 valence electrons. The van der Waals surface area contributed by atoms with Crippen molar-refractivity contribution < 1.29 is 9.53 Å². The molecule has 8 heteroatoms. The van der Waals surface area contributed by atoms with Crippen LogP contribution in [0.25, 0.3) is 0 Å². The molecule has 6 nitrogen and oxygen atoms in total. The van der Waals surface area contributed by atoms with Crippen molar-refractivity contribution in [3.05, 3.63) is 72.3 Å². The molecule has 0 atom stereocenters. The number of nitrogens with zero attached hydrogens (tertiary/aromatic N) is 3. The van der Waals surface area contributed by atoms with Crippen molar-refractivity contribution in [2.75, 3.05) is 24.2 Å². The molecule has 1 heterocycles. The normalized spacial score (nSPS) is 13.4. The summed E-state index contributed by atoms with van der Waals surface area (Å²) < 4.78 is 5.84. The number of hydrogen-bond acceptors (Lipinski definition) is 6. The smallest absolute Gasteiger partial charge is 0.234 e. The second-order valence-electron chi connectivity index (χ2n) is 5.78. The Morgan fingerprint density at radius 2 is 2.00 bits per heavy atom. The van der Waals surface area contributed by atoms with Crippen molar-refractivity contribution in [1.82, 2.24) is 5.01 Å². The maximum Gasteiger partial charge on any atom is 0.234 e. The van der Waals surface area contributed by atoms with Crippen LogP contribution in [-0.4, -0.2) is 40.8 Å². The van der Waals surface area contributed by atoms with Crippen molar-refractivity contribution in [2.24, 2.45) is 10.1 Å². The van der Waals surface area contributed by atoms with Gasteiger partial charge in [0, 0.05) is 10.7 Å². The summed E-state index contributed by atoms with van der Waals surface area (Å²) in [4.78, 5) is 16.6. The van der Waals surface area contributed by atoms with Gasteiger partial charge in [-0.3, -0.25) is 9.80 Å². The van der Waals surface area contributed by atoms with Gasteiger partial charge in [-0.2, -0.15) is 4.99 Å². The van der Waals surface area contributed by atoms with Gasteiger partial charge in [-0.05, 0) is 36.4 Å². The van der Waals surface area contributed by atoms with Gasteiger partial charge in [-0.25, -0.2) is 0 Å². The Bertz CT molecular complexity index is 885. The first-order chi connectivity index (χ1) is 13.6. The van der Waals surface area contributed by atoms with Gasteiger partial charge >= 0.3 is 0 Å². The molecule has 2 aromatic rings. The molecule has 1 amide bonds. The maximum atomic E-state index is 12.2. The number of thioether (sulfide) groups is 1. The highest BCUT2D eigenvalue weighted by atomic mass is 35.5. The van der Waals surface area contributed by atoms with Crippen molar-refractivity contribution in [2.45, 2.75) is 0 Å². The number of hydrazone groups is 1. The lowest BCUT2D eigenvalue weighted by molar-refractivity contribution is -0.113. The summed E-state index contributed by atoms with van der Waals surface area (Å²) in [7, 11) is 0. The molecule has 1 aliphatic heterocycles. The van der Waals surface area contributed by atoms with E-state index in [0.29, 0.717) is 34.9 Å². The second-order valence-corrected chi connectivity index (χ2v) is 7.16. The van der Waals surface area contributed by atoms with Crippen LogP contribution >= 0.6 is 23.4 Å². The first-order valence-electron chi connectivity index (χ1n) is 8.55. The van der Waals surface area contributed by atoms with E-state index in [2.05, 4.69) is 22.0 Å². The van der Waals surface area contributed by atoms with E-state index in [0.717, 1.165) is 5.69 Å². The summed E-state index contributed by atoms with van der Waals surface area (Å²) in [6.07, 6.45) is 1.75. The average Bonchev–Trinajstić information content (AvgIpc) is 2.69. The molecule has 0 spiro atoms. The third-order valence-electron chi connectivity index (χ3n) is 3.54. The lowest BCUT2D eigenvalue weighted by Crippen LogP contribution is -2.33. The zero-order valence-electron chi connectivity index (χ0n) is 15.0. The highest BCUT2D eigenvalue weighted by Crippen LogP contribution is 2.18. The van der Waals surface area contributed by atoms with E-state index in [-0.39, 0.29) is 11.7 Å². The van der Waals surface area contributed by atoms with Crippen LogP contribution in [0.2, 0.25) is 5.02 Å². The third kappa shape index (κ3) is 6.14. The number of anilines is 1. The molecule has 0 saturated heterocycles. The Balaban J connectivity index is 1.63. The molecule has 0 aliphatic carbocycles. The SMILES string of the molecule is C=CCN1CC(Oc2ccc(Cl)cc2)=NC(SCC(=O)Nc2ccccc2)=N1. The maximum absolute atomic E-state index is 12.2. The number of carbonyl (C=O) groups is 1. The topological polar surface area (TPSA) is 66.3 Å². The molecular weight excluding hydrogens is 396 g/mol. The van der Waals surface area contributed by atoms with Crippen LogP contribution in [0.15, 0.2) is 77.3 Å². The van der Waals surface area contributed by atoms with Crippen molar-refractivity contribution in [3.63, 3.8) is 0 Å². The van der Waals surface area contributed by atoms with Crippen LogP contribution in [0.5, 0.6) is 5.75 Å². The van der Waals surface area contributed by atoms with Crippen LogP contribution in [0.4, 0.5) is 5.69 Å². The summed E-state index contributed by atoms with van der Waals surface area (Å²) in [6.45, 7) is 4.70. The van der Waals surface area contributed by atoms with Crippen LogP contribution in [0, 0.1) is 0 Å². The van der Waals surface area contributed by atoms with Crippen LogP contribution < -0.4 is 10.1 Å². The Hall–Kier alpha value is -2.77. The minimum atomic E-state index is -0.130. The standard InChI is InChI=1S/C20H19ClN4O2S/c1-2-12-25-13-19(27-17-10-8-15(21)9-11-17)23-20(24-25)28-14-18(26)22-16-6-4-3-5-7-16/h2-11H,1,12-14H2,(H,22,26). The number of hydrogen-bond donors (Lipinski definition) is 1. The molecule has 0 aromatic heterocycles. The van der Waals surface area contributed by atoms with Crippen LogP contribution in [0.3, 0.4) is 0 Å². The summed E-state index contributed by atoms with van der Waals surface area (Å²) in [5.41, 5.74) is 0.752. The predicted octanol–water partition coefficient (Wildman–Crippen LogP) is 4.26. The Kier molecular flexibility index (Phi) is 7.11. The first-order valence-corrected chi connectivity index (χ1v) is 9.92. The van der Waals surface area contributed by atoms with Gasteiger partial charge < -0.3 is 10.1 Å². The molecule has 0 radical (unpaired) electrons. The van der Waals surface area contributed by atoms with Crippen LogP contribution in [-0.2, 0) is 4.79 Å². The molecule has 0 bridgehead atoms. The second kappa shape index (κ2) is 9.96. The largest absolute Gasteiger partial charge is 0.441 e. The zero-order chi connectivity index (χ0) is 19.8. The van der Waals surface area contributed by atoms with E-state index in [9.17, 15) is 4.79 Å². The average molecular weight is 415 g/mol. The molecule has 28 heavy (non-hydrogen) atoms. The van der Waals surface area contributed by atoms with Gasteiger partial charge in [-0.15, -0.1) is 11.7 Å². The van der Waals surface area contributed by atoms with Crippen molar-refractivity contribution in [3.8, 4) is 5.75 Å². The number of halogens is 1. The lowest BCUT2D eigenvalue weighted by atomic mass is 10.3. The number of rotatable bonds is 6. The summed E-state index contributed by atoms with van der Waals surface area (Å²) in [5.74, 6) is 1.18. The van der Waals surface area contributed by atoms with Crippen molar-refractivity contribution >= 4 is 46.0 Å². The summed E-state index contributed by atoms with van der Waals surface area (Å²) in [5, 5.41) is 10.1. The minimum absolute atomic E-state index is 0.130. The molecule has 0 unspecified atom stereocenters. The third-order valence-corrected chi connectivity index (χ3v) is 4.63. The molecule has 3 rings (SSSR count). The zero-order valence-corrected chi connectivity index (χ0v) is 16.6. The van der Waals surface area contributed by atoms with E-state index in [1.807, 2.05) is 30.3 Å². The Morgan fingerprint density at radius 3 is 2.71 bits per heavy atom. The number of nitrogens with one attached hydrogen (secondary N) is 1. The fraction of sp³-hybridized carbons (Fsp3) is 0.150. The Morgan fingerprint density at radius 1 is 1.25 bits per heavy atom. The minimum Gasteiger partial charge on any atom is -0.441 e. The van der Waals surface area contributed by atoms with Gasteiger partial charge in [-0.1, -0.05) is 47.6 Å². The van der Waals surface area contributed by atoms with Crippen molar-refractivity contribution in [1.29, 1.82) is 0 Å². The fourth-order valence-electron chi connectivity index (χ4n) is 2.33. The van der Waals surface area contributed by atoms with Gasteiger partial charge in [0.1, 0.15) is 12.3 Å². The highest BCUT2D eigenvalue weighted by Gasteiger charge is 2.18. The van der Waals surface area contributed by atoms with E-state index in [4.69, 9.17) is 16.3 Å². The number of amides is 1. The fourth-order valence-corrected chi connectivity index (χ4v) is 3.13. The molecule has 2 aromatic carbocycles. The predicted molar refractivity (Wildman–Crippen MR) is 116 cm³/mol. The number of amidine groups is 1. The van der Waals surface area contributed by atoms with Gasteiger partial charge in [0.15, 0.2) is 0 Å². The number of ether oxygens (including phenoxy) is 1. The van der Waals surface area contributed by atoms with E-state index in [1.165, 1.54) is 11.8 Å². The quantitative estimate of drug-likeness (QED) is 0.717. The first kappa shape index (κ1) is 20.0. The van der Waals surface area contributed by atoms with Gasteiger partial charge in [0.05, 0.1) is 12.3 Å². The number of para-hydroxylation sites is 1. The van der Waals surface area contributed by atoms with Crippen LogP contribution in [0.1, 0.15) is 0 Å². The number of aliphatic imine (C=N–C) groups is 1. The summed E-state index contributed by atoms with van der Waals surface area (Å²) >= 11 is 7.15. The number of benzene rings is 2. The number of carbonyl (C=O) groups excluding carboxylic acids is 1. The molecule has 1 aliphatic rings. The molecular formula is C20H19ClN4O2S. The summed E-state index contributed by atoms with van der Waals surface area (Å²) in [6, 6.07) is 16.3. The highest BCUT2D eigenvalue weighted by molar-refractivity contribution is 8.14. The van der Waals surface area contributed by atoms with Gasteiger partial charge in [0.2, 0.25) is 17.0 Å².